The van der Waals surface area contributed by atoms with Crippen molar-refractivity contribution in [1.82, 2.24) is 9.88 Å². The zero-order valence-corrected chi connectivity index (χ0v) is 16.7. The van der Waals surface area contributed by atoms with Crippen molar-refractivity contribution in [3.05, 3.63) is 95.3 Å². The van der Waals surface area contributed by atoms with Crippen LogP contribution in [0.25, 0.3) is 0 Å². The molecular weight excluding hydrogens is 346 g/mol. The van der Waals surface area contributed by atoms with Crippen molar-refractivity contribution >= 4 is 11.6 Å². The fourth-order valence-corrected chi connectivity index (χ4v) is 2.98. The van der Waals surface area contributed by atoms with Crippen LogP contribution in [0.3, 0.4) is 0 Å². The van der Waals surface area contributed by atoms with E-state index in [0.29, 0.717) is 18.8 Å². The Hall–Kier alpha value is -3.14. The van der Waals surface area contributed by atoms with Crippen LogP contribution in [-0.2, 0) is 13.1 Å². The van der Waals surface area contributed by atoms with Crippen LogP contribution < -0.4 is 5.32 Å². The Kier molecular flexibility index (Phi) is 6.43. The predicted molar refractivity (Wildman–Crippen MR) is 114 cm³/mol. The van der Waals surface area contributed by atoms with Gasteiger partial charge in [0.2, 0.25) is 0 Å². The zero-order valence-electron chi connectivity index (χ0n) is 16.7. The molecule has 0 atom stereocenters. The minimum atomic E-state index is -0.0576. The Morgan fingerprint density at radius 3 is 2.39 bits per heavy atom. The molecule has 3 aromatic rings. The molecule has 0 bridgehead atoms. The van der Waals surface area contributed by atoms with Crippen molar-refractivity contribution in [1.29, 1.82) is 0 Å². The SMILES string of the molecule is Cc1ccc(CNc2ccnc(C(=O)N(Cc3ccccc3)C(C)C)c2)cc1. The van der Waals surface area contributed by atoms with Gasteiger partial charge in [-0.1, -0.05) is 60.2 Å². The molecule has 1 N–H and O–H groups in total. The number of hydrogen-bond acceptors (Lipinski definition) is 3. The number of pyridine rings is 1. The fourth-order valence-electron chi connectivity index (χ4n) is 2.98. The van der Waals surface area contributed by atoms with Gasteiger partial charge in [0.1, 0.15) is 5.69 Å². The molecule has 0 fully saturated rings. The number of anilines is 1. The number of rotatable bonds is 7. The standard InChI is InChI=1S/C24H27N3O/c1-18(2)27(17-21-7-5-4-6-8-21)24(28)23-15-22(13-14-25-23)26-16-20-11-9-19(3)10-12-20/h4-15,18H,16-17H2,1-3H3,(H,25,26). The van der Waals surface area contributed by atoms with Crippen molar-refractivity contribution in [2.75, 3.05) is 5.32 Å². The number of hydrogen-bond donors (Lipinski definition) is 1. The van der Waals surface area contributed by atoms with Crippen LogP contribution in [0.1, 0.15) is 41.0 Å². The van der Waals surface area contributed by atoms with Gasteiger partial charge in [0.05, 0.1) is 0 Å². The van der Waals surface area contributed by atoms with Crippen molar-refractivity contribution in [3.63, 3.8) is 0 Å². The van der Waals surface area contributed by atoms with Crippen molar-refractivity contribution in [2.45, 2.75) is 39.9 Å². The highest BCUT2D eigenvalue weighted by Crippen LogP contribution is 2.16. The monoisotopic (exact) mass is 373 g/mol. The van der Waals surface area contributed by atoms with E-state index in [2.05, 4.69) is 41.5 Å². The van der Waals surface area contributed by atoms with Crippen molar-refractivity contribution in [2.24, 2.45) is 0 Å². The minimum absolute atomic E-state index is 0.0576. The first-order valence-electron chi connectivity index (χ1n) is 9.63. The summed E-state index contributed by atoms with van der Waals surface area (Å²) in [5.74, 6) is -0.0576. The predicted octanol–water partition coefficient (Wildman–Crippen LogP) is 5.05. The summed E-state index contributed by atoms with van der Waals surface area (Å²) in [6.07, 6.45) is 1.69. The third-order valence-electron chi connectivity index (χ3n) is 4.68. The summed E-state index contributed by atoms with van der Waals surface area (Å²) in [5.41, 5.74) is 4.90. The van der Waals surface area contributed by atoms with E-state index in [1.54, 1.807) is 6.20 Å². The number of benzene rings is 2. The zero-order chi connectivity index (χ0) is 19.9. The highest BCUT2D eigenvalue weighted by Gasteiger charge is 2.20. The average molecular weight is 374 g/mol. The quantitative estimate of drug-likeness (QED) is 0.630. The molecule has 4 nitrogen and oxygen atoms in total. The lowest BCUT2D eigenvalue weighted by Crippen LogP contribution is -2.36. The number of aromatic nitrogens is 1. The molecule has 0 saturated carbocycles. The second-order valence-corrected chi connectivity index (χ2v) is 7.28. The number of carbonyl (C=O) groups is 1. The average Bonchev–Trinajstić information content (AvgIpc) is 2.72. The van der Waals surface area contributed by atoms with E-state index >= 15 is 0 Å². The fraction of sp³-hybridized carbons (Fsp3) is 0.250. The summed E-state index contributed by atoms with van der Waals surface area (Å²) in [5, 5.41) is 3.38. The van der Waals surface area contributed by atoms with E-state index in [-0.39, 0.29) is 11.9 Å². The molecule has 2 aromatic carbocycles. The van der Waals surface area contributed by atoms with Crippen LogP contribution in [-0.4, -0.2) is 21.8 Å². The molecule has 0 aliphatic carbocycles. The van der Waals surface area contributed by atoms with E-state index in [9.17, 15) is 4.79 Å². The van der Waals surface area contributed by atoms with Crippen LogP contribution in [0, 0.1) is 6.92 Å². The van der Waals surface area contributed by atoms with Crippen molar-refractivity contribution < 1.29 is 4.79 Å². The van der Waals surface area contributed by atoms with Gasteiger partial charge in [-0.05, 0) is 44.0 Å². The maximum absolute atomic E-state index is 13.1. The van der Waals surface area contributed by atoms with E-state index in [1.807, 2.05) is 61.2 Å². The molecule has 1 heterocycles. The molecular formula is C24H27N3O. The number of nitrogens with one attached hydrogen (secondary N) is 1. The van der Waals surface area contributed by atoms with Crippen LogP contribution in [0.2, 0.25) is 0 Å². The lowest BCUT2D eigenvalue weighted by Gasteiger charge is -2.26. The highest BCUT2D eigenvalue weighted by molar-refractivity contribution is 5.93. The summed E-state index contributed by atoms with van der Waals surface area (Å²) in [6.45, 7) is 7.41. The van der Waals surface area contributed by atoms with Crippen LogP contribution >= 0.6 is 0 Å². The summed E-state index contributed by atoms with van der Waals surface area (Å²) in [6, 6.07) is 22.3. The van der Waals surface area contributed by atoms with Crippen LogP contribution in [0.15, 0.2) is 72.9 Å². The lowest BCUT2D eigenvalue weighted by atomic mass is 10.1. The van der Waals surface area contributed by atoms with E-state index < -0.39 is 0 Å². The highest BCUT2D eigenvalue weighted by atomic mass is 16.2. The maximum atomic E-state index is 13.1. The Morgan fingerprint density at radius 2 is 1.71 bits per heavy atom. The lowest BCUT2D eigenvalue weighted by molar-refractivity contribution is 0.0684. The molecule has 144 valence electrons. The van der Waals surface area contributed by atoms with Gasteiger partial charge in [-0.25, -0.2) is 0 Å². The molecule has 0 aliphatic rings. The first-order chi connectivity index (χ1) is 13.5. The summed E-state index contributed by atoms with van der Waals surface area (Å²) >= 11 is 0. The van der Waals surface area contributed by atoms with E-state index in [0.717, 1.165) is 11.3 Å². The number of nitrogens with zero attached hydrogens (tertiary/aromatic N) is 2. The molecule has 4 heteroatoms. The molecule has 0 unspecified atom stereocenters. The normalized spacial score (nSPS) is 10.7. The van der Waals surface area contributed by atoms with Gasteiger partial charge >= 0.3 is 0 Å². The Morgan fingerprint density at radius 1 is 1.00 bits per heavy atom. The Balaban J connectivity index is 1.71. The van der Waals surface area contributed by atoms with E-state index in [1.165, 1.54) is 11.1 Å². The first kappa shape index (κ1) is 19.6. The molecule has 0 radical (unpaired) electrons. The van der Waals surface area contributed by atoms with Gasteiger partial charge in [0.25, 0.3) is 5.91 Å². The summed E-state index contributed by atoms with van der Waals surface area (Å²) in [4.78, 5) is 19.3. The van der Waals surface area contributed by atoms with Gasteiger partial charge in [0, 0.05) is 31.0 Å². The van der Waals surface area contributed by atoms with Crippen molar-refractivity contribution in [3.8, 4) is 0 Å². The molecule has 0 aliphatic heterocycles. The number of amides is 1. The van der Waals surface area contributed by atoms with Gasteiger partial charge in [-0.15, -0.1) is 0 Å². The Labute approximate surface area is 167 Å². The summed E-state index contributed by atoms with van der Waals surface area (Å²) in [7, 11) is 0. The van der Waals surface area contributed by atoms with Crippen LogP contribution in [0.5, 0.6) is 0 Å². The topological polar surface area (TPSA) is 45.2 Å². The largest absolute Gasteiger partial charge is 0.381 e. The van der Waals surface area contributed by atoms with Gasteiger partial charge in [-0.3, -0.25) is 9.78 Å². The number of carbonyl (C=O) groups excluding carboxylic acids is 1. The van der Waals surface area contributed by atoms with Crippen LogP contribution in [0.4, 0.5) is 5.69 Å². The molecule has 1 amide bonds. The molecule has 3 rings (SSSR count). The minimum Gasteiger partial charge on any atom is -0.381 e. The van der Waals surface area contributed by atoms with E-state index in [4.69, 9.17) is 0 Å². The smallest absolute Gasteiger partial charge is 0.273 e. The Bertz CT molecular complexity index is 905. The van der Waals surface area contributed by atoms with Gasteiger partial charge in [-0.2, -0.15) is 0 Å². The molecule has 28 heavy (non-hydrogen) atoms. The first-order valence-corrected chi connectivity index (χ1v) is 9.63. The molecule has 1 aromatic heterocycles. The van der Waals surface area contributed by atoms with Gasteiger partial charge in [0.15, 0.2) is 0 Å². The number of aryl methyl sites for hydroxylation is 1. The third kappa shape index (κ3) is 5.19. The second-order valence-electron chi connectivity index (χ2n) is 7.28. The summed E-state index contributed by atoms with van der Waals surface area (Å²) < 4.78 is 0. The molecule has 0 saturated heterocycles. The van der Waals surface area contributed by atoms with Gasteiger partial charge < -0.3 is 10.2 Å². The second kappa shape index (κ2) is 9.18. The molecule has 0 spiro atoms. The third-order valence-corrected chi connectivity index (χ3v) is 4.68. The maximum Gasteiger partial charge on any atom is 0.273 e.